The standard InChI is InChI=1S/C16H31NSi2/c1-6-7-8-9-12-15-13-10-11-14-16(15)17(18(2)3)19(4)5/h15-16H,6-8,10-11,13-14H2,1-5H3/t15-,16+/m1/s1. The minimum atomic E-state index is -0.328. The van der Waals surface area contributed by atoms with Gasteiger partial charge >= 0.3 is 0 Å². The van der Waals surface area contributed by atoms with Gasteiger partial charge in [-0.05, 0) is 19.3 Å². The second-order valence-corrected chi connectivity index (χ2v) is 11.3. The monoisotopic (exact) mass is 293 g/mol. The minimum Gasteiger partial charge on any atom is -0.344 e. The molecule has 108 valence electrons. The molecule has 0 aromatic carbocycles. The summed E-state index contributed by atoms with van der Waals surface area (Å²) in [6.45, 7) is 12.1. The van der Waals surface area contributed by atoms with Gasteiger partial charge in [0.2, 0.25) is 0 Å². The average Bonchev–Trinajstić information content (AvgIpc) is 2.35. The molecule has 0 saturated heterocycles. The molecule has 1 nitrogen and oxygen atoms in total. The molecule has 3 heteroatoms. The van der Waals surface area contributed by atoms with Gasteiger partial charge in [-0.25, -0.2) is 0 Å². The van der Waals surface area contributed by atoms with Crippen LogP contribution >= 0.6 is 0 Å². The van der Waals surface area contributed by atoms with E-state index in [1.165, 1.54) is 38.5 Å². The summed E-state index contributed by atoms with van der Waals surface area (Å²) in [4.78, 5) is 0. The first-order chi connectivity index (χ1) is 9.07. The number of hydrogen-bond acceptors (Lipinski definition) is 1. The molecule has 2 atom stereocenters. The molecule has 0 spiro atoms. The molecule has 0 aromatic rings. The molecule has 1 saturated carbocycles. The summed E-state index contributed by atoms with van der Waals surface area (Å²) in [5, 5.41) is 0. The Morgan fingerprint density at radius 1 is 1.05 bits per heavy atom. The molecule has 0 unspecified atom stereocenters. The van der Waals surface area contributed by atoms with Crippen LogP contribution in [0.15, 0.2) is 0 Å². The van der Waals surface area contributed by atoms with Gasteiger partial charge in [-0.1, -0.05) is 58.3 Å². The Kier molecular flexibility index (Phi) is 8.05. The second-order valence-electron chi connectivity index (χ2n) is 6.15. The van der Waals surface area contributed by atoms with Crippen LogP contribution in [-0.2, 0) is 0 Å². The largest absolute Gasteiger partial charge is 0.344 e. The lowest BCUT2D eigenvalue weighted by Gasteiger charge is -2.42. The van der Waals surface area contributed by atoms with Gasteiger partial charge < -0.3 is 4.23 Å². The van der Waals surface area contributed by atoms with Crippen molar-refractivity contribution in [3.63, 3.8) is 0 Å². The molecule has 1 aliphatic carbocycles. The zero-order chi connectivity index (χ0) is 14.3. The topological polar surface area (TPSA) is 3.24 Å². The molecule has 1 rings (SSSR count). The number of hydrogen-bond donors (Lipinski definition) is 0. The van der Waals surface area contributed by atoms with Gasteiger partial charge in [0.15, 0.2) is 0 Å². The van der Waals surface area contributed by atoms with Crippen LogP contribution in [0.5, 0.6) is 0 Å². The number of nitrogens with zero attached hydrogens (tertiary/aromatic N) is 1. The molecule has 1 aliphatic rings. The lowest BCUT2D eigenvalue weighted by Crippen LogP contribution is -2.53. The lowest BCUT2D eigenvalue weighted by atomic mass is 9.85. The maximum atomic E-state index is 3.64. The van der Waals surface area contributed by atoms with Gasteiger partial charge in [0.05, 0.1) is 0 Å². The van der Waals surface area contributed by atoms with E-state index in [0.29, 0.717) is 5.92 Å². The van der Waals surface area contributed by atoms with Gasteiger partial charge in [0, 0.05) is 18.4 Å². The van der Waals surface area contributed by atoms with Crippen molar-refractivity contribution in [1.82, 2.24) is 4.23 Å². The van der Waals surface area contributed by atoms with Crippen LogP contribution in [0.25, 0.3) is 0 Å². The van der Waals surface area contributed by atoms with Crippen molar-refractivity contribution in [3.05, 3.63) is 0 Å². The summed E-state index contributed by atoms with van der Waals surface area (Å²) >= 11 is 0. The summed E-state index contributed by atoms with van der Waals surface area (Å²) in [6, 6.07) is 0.774. The first kappa shape index (κ1) is 17.0. The predicted molar refractivity (Wildman–Crippen MR) is 89.9 cm³/mol. The van der Waals surface area contributed by atoms with E-state index in [1.54, 1.807) is 0 Å². The van der Waals surface area contributed by atoms with E-state index >= 15 is 0 Å². The third kappa shape index (κ3) is 5.45. The molecule has 0 amide bonds. The third-order valence-corrected chi connectivity index (χ3v) is 9.24. The minimum absolute atomic E-state index is 0.328. The van der Waals surface area contributed by atoms with Gasteiger partial charge in [-0.15, -0.1) is 5.92 Å². The average molecular weight is 294 g/mol. The molecule has 19 heavy (non-hydrogen) atoms. The maximum absolute atomic E-state index is 3.64. The Morgan fingerprint density at radius 3 is 2.26 bits per heavy atom. The van der Waals surface area contributed by atoms with Crippen molar-refractivity contribution in [3.8, 4) is 11.8 Å². The fourth-order valence-corrected chi connectivity index (χ4v) is 8.69. The highest BCUT2D eigenvalue weighted by Gasteiger charge is 2.32. The lowest BCUT2D eigenvalue weighted by molar-refractivity contribution is 0.279. The Bertz CT molecular complexity index is 296. The highest BCUT2D eigenvalue weighted by molar-refractivity contribution is 6.70. The fraction of sp³-hybridized carbons (Fsp3) is 0.875. The van der Waals surface area contributed by atoms with Crippen molar-refractivity contribution < 1.29 is 0 Å². The summed E-state index contributed by atoms with van der Waals surface area (Å²) < 4.78 is 2.90. The van der Waals surface area contributed by atoms with Crippen LogP contribution in [-0.4, -0.2) is 28.2 Å². The van der Waals surface area contributed by atoms with Crippen LogP contribution < -0.4 is 0 Å². The first-order valence-corrected chi connectivity index (χ1v) is 12.8. The highest BCUT2D eigenvalue weighted by Crippen LogP contribution is 2.29. The normalized spacial score (nSPS) is 23.8. The van der Waals surface area contributed by atoms with Gasteiger partial charge in [0.25, 0.3) is 0 Å². The second kappa shape index (κ2) is 8.99. The fourth-order valence-electron chi connectivity index (χ4n) is 3.17. The molecule has 0 heterocycles. The van der Waals surface area contributed by atoms with Gasteiger partial charge in [-0.3, -0.25) is 0 Å². The molecular formula is C16H31NSi2. The van der Waals surface area contributed by atoms with Crippen LogP contribution in [0, 0.1) is 17.8 Å². The van der Waals surface area contributed by atoms with Crippen molar-refractivity contribution >= 4 is 17.9 Å². The number of rotatable bonds is 5. The van der Waals surface area contributed by atoms with Crippen LogP contribution in [0.4, 0.5) is 0 Å². The van der Waals surface area contributed by atoms with E-state index < -0.39 is 0 Å². The maximum Gasteiger partial charge on any atom is 0.122 e. The van der Waals surface area contributed by atoms with E-state index in [2.05, 4.69) is 49.2 Å². The summed E-state index contributed by atoms with van der Waals surface area (Å²) in [5.41, 5.74) is 0. The Morgan fingerprint density at radius 2 is 1.68 bits per heavy atom. The molecular weight excluding hydrogens is 262 g/mol. The van der Waals surface area contributed by atoms with Crippen molar-refractivity contribution in [1.29, 1.82) is 0 Å². The Labute approximate surface area is 124 Å². The molecule has 1 fully saturated rings. The molecule has 0 N–H and O–H groups in total. The van der Waals surface area contributed by atoms with Crippen LogP contribution in [0.2, 0.25) is 26.2 Å². The van der Waals surface area contributed by atoms with Crippen LogP contribution in [0.3, 0.4) is 0 Å². The Balaban J connectivity index is 2.72. The van der Waals surface area contributed by atoms with Crippen molar-refractivity contribution in [2.75, 3.05) is 0 Å². The smallest absolute Gasteiger partial charge is 0.122 e. The summed E-state index contributed by atoms with van der Waals surface area (Å²) in [5.74, 6) is 7.76. The predicted octanol–water partition coefficient (Wildman–Crippen LogP) is 4.54. The SMILES string of the molecule is CCCCC#C[C@@H]1CCCC[C@@H]1N([Si](C)C)[Si](C)C. The quantitative estimate of drug-likeness (QED) is 0.408. The molecule has 0 aliphatic heterocycles. The Hall–Kier alpha value is -0.0462. The van der Waals surface area contributed by atoms with E-state index in [-0.39, 0.29) is 17.9 Å². The van der Waals surface area contributed by atoms with Crippen molar-refractivity contribution in [2.24, 2.45) is 5.92 Å². The summed E-state index contributed by atoms with van der Waals surface area (Å²) in [6.07, 6.45) is 9.17. The van der Waals surface area contributed by atoms with Gasteiger partial charge in [-0.2, -0.15) is 0 Å². The van der Waals surface area contributed by atoms with E-state index in [1.807, 2.05) is 0 Å². The van der Waals surface area contributed by atoms with E-state index in [4.69, 9.17) is 0 Å². The highest BCUT2D eigenvalue weighted by atomic mass is 28.3. The molecule has 0 aromatic heterocycles. The summed E-state index contributed by atoms with van der Waals surface area (Å²) in [7, 11) is -0.655. The van der Waals surface area contributed by atoms with Gasteiger partial charge in [0.1, 0.15) is 17.9 Å². The first-order valence-electron chi connectivity index (χ1n) is 7.95. The van der Waals surface area contributed by atoms with E-state index in [0.717, 1.165) is 12.5 Å². The molecule has 0 bridgehead atoms. The number of unbranched alkanes of at least 4 members (excludes halogenated alkanes) is 2. The van der Waals surface area contributed by atoms with Crippen molar-refractivity contribution in [2.45, 2.75) is 84.1 Å². The van der Waals surface area contributed by atoms with Crippen LogP contribution in [0.1, 0.15) is 51.9 Å². The molecule has 2 radical (unpaired) electrons. The zero-order valence-corrected chi connectivity index (χ0v) is 15.6. The zero-order valence-electron chi connectivity index (χ0n) is 13.6. The van der Waals surface area contributed by atoms with E-state index in [9.17, 15) is 0 Å². The third-order valence-electron chi connectivity index (χ3n) is 3.97.